The lowest BCUT2D eigenvalue weighted by Crippen LogP contribution is -2.41. The molecule has 4 heteroatoms. The van der Waals surface area contributed by atoms with Gasteiger partial charge in [0, 0.05) is 12.1 Å². The van der Waals surface area contributed by atoms with Gasteiger partial charge >= 0.3 is 5.97 Å². The molecule has 4 nitrogen and oxygen atoms in total. The number of rotatable bonds is 4. The zero-order chi connectivity index (χ0) is 13.9. The molecule has 1 N–H and O–H groups in total. The summed E-state index contributed by atoms with van der Waals surface area (Å²) in [6, 6.07) is 0. The fourth-order valence-electron chi connectivity index (χ4n) is 3.07. The molecule has 0 atom stereocenters. The lowest BCUT2D eigenvalue weighted by atomic mass is 9.78. The Morgan fingerprint density at radius 3 is 2.63 bits per heavy atom. The fraction of sp³-hybridized carbons (Fsp3) is 0.733. The highest BCUT2D eigenvalue weighted by Gasteiger charge is 2.49. The second-order valence-electron chi connectivity index (χ2n) is 5.55. The van der Waals surface area contributed by atoms with Crippen molar-refractivity contribution in [2.75, 3.05) is 6.54 Å². The zero-order valence-corrected chi connectivity index (χ0v) is 11.9. The Balaban J connectivity index is 2.17. The van der Waals surface area contributed by atoms with E-state index in [0.717, 1.165) is 44.9 Å². The number of amides is 1. The van der Waals surface area contributed by atoms with Crippen molar-refractivity contribution < 1.29 is 14.3 Å². The van der Waals surface area contributed by atoms with Crippen LogP contribution in [0.15, 0.2) is 11.1 Å². The van der Waals surface area contributed by atoms with E-state index >= 15 is 0 Å². The lowest BCUT2D eigenvalue weighted by Gasteiger charge is -2.34. The Hall–Kier alpha value is -1.32. The van der Waals surface area contributed by atoms with Gasteiger partial charge in [-0.3, -0.25) is 4.79 Å². The number of hydrogen-bond donors (Lipinski definition) is 1. The smallest absolute Gasteiger partial charge is 0.335 e. The number of esters is 1. The summed E-state index contributed by atoms with van der Waals surface area (Å²) in [4.78, 5) is 24.2. The van der Waals surface area contributed by atoms with Gasteiger partial charge in [0.2, 0.25) is 0 Å². The molecule has 106 valence electrons. The number of carbonyl (C=O) groups excluding carboxylic acids is 2. The van der Waals surface area contributed by atoms with E-state index in [0.29, 0.717) is 17.7 Å². The second-order valence-corrected chi connectivity index (χ2v) is 5.55. The minimum absolute atomic E-state index is 0.112. The first-order valence-corrected chi connectivity index (χ1v) is 7.33. The van der Waals surface area contributed by atoms with Crippen LogP contribution in [-0.4, -0.2) is 24.0 Å². The van der Waals surface area contributed by atoms with Gasteiger partial charge in [0.05, 0.1) is 5.57 Å². The summed E-state index contributed by atoms with van der Waals surface area (Å²) in [6.45, 7) is 4.46. The summed E-state index contributed by atoms with van der Waals surface area (Å²) in [6.07, 6.45) is 6.76. The Morgan fingerprint density at radius 1 is 1.32 bits per heavy atom. The van der Waals surface area contributed by atoms with Crippen molar-refractivity contribution in [3.05, 3.63) is 11.1 Å². The normalized spacial score (nSPS) is 21.7. The van der Waals surface area contributed by atoms with Crippen LogP contribution in [0.3, 0.4) is 0 Å². The Bertz CT molecular complexity index is 406. The molecule has 0 aromatic heterocycles. The third kappa shape index (κ3) is 2.67. The summed E-state index contributed by atoms with van der Waals surface area (Å²) in [7, 11) is 0. The molecule has 1 heterocycles. The quantitative estimate of drug-likeness (QED) is 0.627. The predicted molar refractivity (Wildman–Crippen MR) is 72.5 cm³/mol. The number of ether oxygens (including phenoxy) is 1. The fourth-order valence-corrected chi connectivity index (χ4v) is 3.07. The summed E-state index contributed by atoms with van der Waals surface area (Å²) >= 11 is 0. The summed E-state index contributed by atoms with van der Waals surface area (Å²) < 4.78 is 5.57. The molecule has 0 unspecified atom stereocenters. The Morgan fingerprint density at radius 2 is 2.00 bits per heavy atom. The highest BCUT2D eigenvalue weighted by molar-refractivity contribution is 6.07. The average molecular weight is 265 g/mol. The van der Waals surface area contributed by atoms with E-state index in [1.165, 1.54) is 0 Å². The van der Waals surface area contributed by atoms with Crippen molar-refractivity contribution in [2.45, 2.75) is 64.4 Å². The summed E-state index contributed by atoms with van der Waals surface area (Å²) in [5, 5.41) is 2.92. The van der Waals surface area contributed by atoms with Gasteiger partial charge in [-0.2, -0.15) is 0 Å². The molecule has 19 heavy (non-hydrogen) atoms. The lowest BCUT2D eigenvalue weighted by molar-refractivity contribution is -0.149. The maximum atomic E-state index is 12.3. The van der Waals surface area contributed by atoms with Crippen LogP contribution in [0.5, 0.6) is 0 Å². The maximum Gasteiger partial charge on any atom is 0.335 e. The van der Waals surface area contributed by atoms with Crippen LogP contribution < -0.4 is 5.32 Å². The van der Waals surface area contributed by atoms with Crippen LogP contribution in [0.1, 0.15) is 58.8 Å². The average Bonchev–Trinajstić information content (AvgIpc) is 2.62. The van der Waals surface area contributed by atoms with Crippen LogP contribution in [0, 0.1) is 0 Å². The molecular formula is C15H23NO3. The van der Waals surface area contributed by atoms with E-state index in [4.69, 9.17) is 4.74 Å². The number of carbonyl (C=O) groups is 2. The van der Waals surface area contributed by atoms with Crippen LogP contribution in [0.25, 0.3) is 0 Å². The summed E-state index contributed by atoms with van der Waals surface area (Å²) in [5.74, 6) is -0.429. The molecule has 2 rings (SSSR count). The topological polar surface area (TPSA) is 55.4 Å². The molecule has 1 amide bonds. The minimum Gasteiger partial charge on any atom is -0.451 e. The molecule has 2 aliphatic rings. The highest BCUT2D eigenvalue weighted by Crippen LogP contribution is 2.43. The first-order chi connectivity index (χ1) is 9.10. The molecule has 0 aromatic rings. The summed E-state index contributed by atoms with van der Waals surface area (Å²) in [5.41, 5.74) is 0.458. The standard InChI is InChI=1S/C15H23NO3/c1-3-4-10-16-13(17)12-11(2)14(18)19-15(12)8-6-5-7-9-15/h3-10H2,1-2H3,(H,16,17). The number of hydrogen-bond acceptors (Lipinski definition) is 3. The SMILES string of the molecule is CCCCNC(=O)C1=C(C)C(=O)OC12CCCCC2. The molecule has 0 bridgehead atoms. The van der Waals surface area contributed by atoms with E-state index in [-0.39, 0.29) is 11.9 Å². The van der Waals surface area contributed by atoms with Gasteiger partial charge in [0.25, 0.3) is 5.91 Å². The van der Waals surface area contributed by atoms with Crippen molar-refractivity contribution in [3.8, 4) is 0 Å². The van der Waals surface area contributed by atoms with Crippen molar-refractivity contribution in [1.82, 2.24) is 5.32 Å². The van der Waals surface area contributed by atoms with Crippen LogP contribution in [0.2, 0.25) is 0 Å². The third-order valence-corrected chi connectivity index (χ3v) is 4.13. The number of nitrogens with one attached hydrogen (secondary N) is 1. The van der Waals surface area contributed by atoms with E-state index in [9.17, 15) is 9.59 Å². The zero-order valence-electron chi connectivity index (χ0n) is 11.9. The van der Waals surface area contributed by atoms with Crippen molar-refractivity contribution in [2.24, 2.45) is 0 Å². The maximum absolute atomic E-state index is 12.3. The van der Waals surface area contributed by atoms with E-state index in [1.54, 1.807) is 6.92 Å². The van der Waals surface area contributed by atoms with Gasteiger partial charge in [-0.1, -0.05) is 19.8 Å². The molecule has 1 saturated carbocycles. The highest BCUT2D eigenvalue weighted by atomic mass is 16.6. The predicted octanol–water partition coefficient (Wildman–Crippen LogP) is 2.48. The van der Waals surface area contributed by atoms with Gasteiger partial charge < -0.3 is 10.1 Å². The van der Waals surface area contributed by atoms with E-state index in [2.05, 4.69) is 12.2 Å². The molecule has 1 aliphatic carbocycles. The molecule has 0 saturated heterocycles. The van der Waals surface area contributed by atoms with Crippen LogP contribution in [0.4, 0.5) is 0 Å². The van der Waals surface area contributed by atoms with Gasteiger partial charge in [0.15, 0.2) is 0 Å². The molecule has 1 aliphatic heterocycles. The largest absolute Gasteiger partial charge is 0.451 e. The van der Waals surface area contributed by atoms with Gasteiger partial charge in [-0.15, -0.1) is 0 Å². The molecular weight excluding hydrogens is 242 g/mol. The molecule has 1 fully saturated rings. The van der Waals surface area contributed by atoms with Gasteiger partial charge in [-0.25, -0.2) is 4.79 Å². The van der Waals surface area contributed by atoms with Crippen LogP contribution >= 0.6 is 0 Å². The van der Waals surface area contributed by atoms with Gasteiger partial charge in [0.1, 0.15) is 5.60 Å². The minimum atomic E-state index is -0.629. The molecule has 0 aromatic carbocycles. The Labute approximate surface area is 114 Å². The van der Waals surface area contributed by atoms with E-state index < -0.39 is 5.60 Å². The van der Waals surface area contributed by atoms with Gasteiger partial charge in [-0.05, 0) is 39.0 Å². The Kier molecular flexibility index (Phi) is 4.27. The molecule has 1 spiro atoms. The van der Waals surface area contributed by atoms with Crippen LogP contribution in [-0.2, 0) is 14.3 Å². The van der Waals surface area contributed by atoms with E-state index in [1.807, 2.05) is 0 Å². The third-order valence-electron chi connectivity index (χ3n) is 4.13. The van der Waals surface area contributed by atoms with Crippen molar-refractivity contribution in [1.29, 1.82) is 0 Å². The number of unbranched alkanes of at least 4 members (excludes halogenated alkanes) is 1. The first-order valence-electron chi connectivity index (χ1n) is 7.33. The monoisotopic (exact) mass is 265 g/mol. The second kappa shape index (κ2) is 5.76. The molecule has 0 radical (unpaired) electrons. The first kappa shape index (κ1) is 14.1. The van der Waals surface area contributed by atoms with Crippen molar-refractivity contribution in [3.63, 3.8) is 0 Å². The van der Waals surface area contributed by atoms with Crippen molar-refractivity contribution >= 4 is 11.9 Å².